The van der Waals surface area contributed by atoms with Gasteiger partial charge in [0.15, 0.2) is 0 Å². The molecule has 0 aliphatic carbocycles. The van der Waals surface area contributed by atoms with Crippen LogP contribution in [0.25, 0.3) is 88.4 Å². The van der Waals surface area contributed by atoms with Gasteiger partial charge in [-0.1, -0.05) is 102 Å². The Morgan fingerprint density at radius 2 is 0.891 bits per heavy atom. The first kappa shape index (κ1) is 40.5. The topological polar surface area (TPSA) is 33.6 Å². The van der Waals surface area contributed by atoms with Gasteiger partial charge in [-0.3, -0.25) is 0 Å². The van der Waals surface area contributed by atoms with Crippen LogP contribution in [0.3, 0.4) is 0 Å². The second kappa shape index (κ2) is 14.8. The van der Waals surface area contributed by atoms with Crippen LogP contribution in [0.15, 0.2) is 152 Å². The molecule has 2 aromatic heterocycles. The Bertz CT molecular complexity index is 3600. The third kappa shape index (κ3) is 6.60. The number of nitrogens with zero attached hydrogens (tertiary/aromatic N) is 3. The van der Waals surface area contributed by atoms with Gasteiger partial charge >= 0.3 is 12.4 Å². The van der Waals surface area contributed by atoms with Gasteiger partial charge in [0.05, 0.1) is 56.2 Å². The van der Waals surface area contributed by atoms with Gasteiger partial charge in [-0.2, -0.15) is 31.6 Å². The molecule has 0 aliphatic rings. The zero-order valence-electron chi connectivity index (χ0n) is 35.0. The van der Waals surface area contributed by atoms with E-state index in [1.165, 1.54) is 6.07 Å². The smallest absolute Gasteiger partial charge is 0.307 e. The Morgan fingerprint density at radius 3 is 1.36 bits per heavy atom. The predicted octanol–water partition coefficient (Wildman–Crippen LogP) is 16.0. The van der Waals surface area contributed by atoms with Crippen molar-refractivity contribution in [2.24, 2.45) is 0 Å². The van der Waals surface area contributed by atoms with Gasteiger partial charge in [-0.05, 0) is 127 Å². The lowest BCUT2D eigenvalue weighted by Crippen LogP contribution is -2.13. The van der Waals surface area contributed by atoms with E-state index < -0.39 is 29.0 Å². The van der Waals surface area contributed by atoms with Gasteiger partial charge < -0.3 is 9.13 Å². The summed E-state index contributed by atoms with van der Waals surface area (Å²) in [4.78, 5) is 0. The summed E-state index contributed by atoms with van der Waals surface area (Å²) in [5, 5.41) is 14.4. The summed E-state index contributed by atoms with van der Waals surface area (Å²) in [5.41, 5.74) is 8.84. The molecule has 8 aromatic carbocycles. The minimum absolute atomic E-state index is 0.124. The molecular formula is C55H37F6N3. The van der Waals surface area contributed by atoms with E-state index in [0.717, 1.165) is 94.2 Å². The minimum Gasteiger partial charge on any atom is -0.307 e. The Morgan fingerprint density at radius 1 is 0.422 bits per heavy atom. The molecule has 0 saturated carbocycles. The standard InChI is InChI=1S/C55H37F6N3/c1-31-13-18-39(33(3)23-31)35-15-21-50-45(25-35)42-9-5-7-11-48(42)63(50)52-27-37(30-62)44(41-20-17-38(54(56,57)58)28-47(41)55(59,60)61)29-53(52)64-49-12-8-6-10-43(49)46-26-36(16-22-51(46)64)40-19-14-32(2)24-34(40)4/h5-29H,1-4H3. The third-order valence-corrected chi connectivity index (χ3v) is 12.4. The van der Waals surface area contributed by atoms with E-state index in [4.69, 9.17) is 0 Å². The van der Waals surface area contributed by atoms with E-state index in [9.17, 15) is 31.6 Å². The van der Waals surface area contributed by atoms with Crippen molar-refractivity contribution in [3.8, 4) is 50.8 Å². The summed E-state index contributed by atoms with van der Waals surface area (Å²) < 4.78 is 90.7. The third-order valence-electron chi connectivity index (χ3n) is 12.4. The van der Waals surface area contributed by atoms with Crippen LogP contribution in [0.2, 0.25) is 0 Å². The van der Waals surface area contributed by atoms with Crippen LogP contribution >= 0.6 is 0 Å². The van der Waals surface area contributed by atoms with Crippen molar-refractivity contribution in [3.05, 3.63) is 191 Å². The Labute approximate surface area is 364 Å². The molecule has 0 aliphatic heterocycles. The molecule has 0 radical (unpaired) electrons. The van der Waals surface area contributed by atoms with Crippen LogP contribution in [-0.4, -0.2) is 9.13 Å². The number of hydrogen-bond donors (Lipinski definition) is 0. The summed E-state index contributed by atoms with van der Waals surface area (Å²) in [7, 11) is 0. The number of fused-ring (bicyclic) bond motifs is 6. The molecule has 9 heteroatoms. The summed E-state index contributed by atoms with van der Waals surface area (Å²) in [6, 6.07) is 47.3. The summed E-state index contributed by atoms with van der Waals surface area (Å²) in [5.74, 6) is 0. The van der Waals surface area contributed by atoms with Crippen molar-refractivity contribution in [1.82, 2.24) is 9.13 Å². The lowest BCUT2D eigenvalue weighted by atomic mass is 9.92. The van der Waals surface area contributed by atoms with Crippen molar-refractivity contribution in [3.63, 3.8) is 0 Å². The molecule has 0 N–H and O–H groups in total. The molecule has 0 atom stereocenters. The highest BCUT2D eigenvalue weighted by atomic mass is 19.4. The molecule has 0 amide bonds. The average Bonchev–Trinajstić information content (AvgIpc) is 3.77. The molecule has 0 bridgehead atoms. The number of alkyl halides is 6. The lowest BCUT2D eigenvalue weighted by Gasteiger charge is -2.21. The Kier molecular flexibility index (Phi) is 9.35. The zero-order chi connectivity index (χ0) is 44.8. The van der Waals surface area contributed by atoms with Gasteiger partial charge in [0.2, 0.25) is 0 Å². The fourth-order valence-electron chi connectivity index (χ4n) is 9.52. The lowest BCUT2D eigenvalue weighted by molar-refractivity contribution is -0.142. The van der Waals surface area contributed by atoms with Crippen LogP contribution in [-0.2, 0) is 12.4 Å². The zero-order valence-corrected chi connectivity index (χ0v) is 35.0. The van der Waals surface area contributed by atoms with Crippen LogP contribution < -0.4 is 0 Å². The van der Waals surface area contributed by atoms with E-state index in [1.807, 2.05) is 88.9 Å². The first-order chi connectivity index (χ1) is 30.6. The number of aromatic nitrogens is 2. The summed E-state index contributed by atoms with van der Waals surface area (Å²) >= 11 is 0. The van der Waals surface area contributed by atoms with Crippen molar-refractivity contribution in [1.29, 1.82) is 5.26 Å². The fraction of sp³-hybridized carbons (Fsp3) is 0.109. The number of rotatable bonds is 5. The van der Waals surface area contributed by atoms with Crippen LogP contribution in [0.5, 0.6) is 0 Å². The number of nitriles is 1. The van der Waals surface area contributed by atoms with Gasteiger partial charge in [-0.15, -0.1) is 0 Å². The van der Waals surface area contributed by atoms with Crippen LogP contribution in [0, 0.1) is 39.0 Å². The summed E-state index contributed by atoms with van der Waals surface area (Å²) in [6.07, 6.45) is -10.2. The molecule has 0 spiro atoms. The Balaban J connectivity index is 1.33. The molecule has 0 unspecified atom stereocenters. The Hall–Kier alpha value is -7.57. The average molecular weight is 854 g/mol. The number of hydrogen-bond acceptors (Lipinski definition) is 1. The quantitative estimate of drug-likeness (QED) is 0.159. The highest BCUT2D eigenvalue weighted by molar-refractivity contribution is 6.13. The highest BCUT2D eigenvalue weighted by Gasteiger charge is 2.39. The predicted molar refractivity (Wildman–Crippen MR) is 245 cm³/mol. The monoisotopic (exact) mass is 853 g/mol. The van der Waals surface area contributed by atoms with Gasteiger partial charge in [0.1, 0.15) is 0 Å². The molecule has 0 fully saturated rings. The minimum atomic E-state index is -5.18. The fourth-order valence-corrected chi connectivity index (χ4v) is 9.52. The van der Waals surface area contributed by atoms with Gasteiger partial charge in [-0.25, -0.2) is 0 Å². The van der Waals surface area contributed by atoms with E-state index >= 15 is 0 Å². The molecule has 10 aromatic rings. The normalized spacial score (nSPS) is 12.2. The van der Waals surface area contributed by atoms with Crippen molar-refractivity contribution in [2.45, 2.75) is 40.0 Å². The molecule has 2 heterocycles. The molecule has 10 rings (SSSR count). The van der Waals surface area contributed by atoms with Crippen molar-refractivity contribution in [2.75, 3.05) is 0 Å². The maximum absolute atomic E-state index is 14.9. The molecule has 0 saturated heterocycles. The van der Waals surface area contributed by atoms with Gasteiger partial charge in [0.25, 0.3) is 0 Å². The second-order valence-corrected chi connectivity index (χ2v) is 16.6. The van der Waals surface area contributed by atoms with E-state index in [2.05, 4.69) is 75.4 Å². The number of para-hydroxylation sites is 2. The molecule has 314 valence electrons. The first-order valence-corrected chi connectivity index (χ1v) is 20.7. The SMILES string of the molecule is Cc1ccc(-c2ccc3c(c2)c2ccccc2n3-c2cc(C#N)c(-c3ccc(C(F)(F)F)cc3C(F)(F)F)cc2-n2c3ccccc3c3cc(-c4ccc(C)cc4C)ccc32)c(C)c1. The van der Waals surface area contributed by atoms with Crippen molar-refractivity contribution < 1.29 is 26.3 Å². The number of aryl methyl sites for hydroxylation is 4. The van der Waals surface area contributed by atoms with E-state index in [-0.39, 0.29) is 17.2 Å². The number of benzene rings is 8. The van der Waals surface area contributed by atoms with Gasteiger partial charge in [0, 0.05) is 27.1 Å². The largest absolute Gasteiger partial charge is 0.417 e. The van der Waals surface area contributed by atoms with E-state index in [0.29, 0.717) is 17.4 Å². The van der Waals surface area contributed by atoms with Crippen molar-refractivity contribution >= 4 is 43.6 Å². The summed E-state index contributed by atoms with van der Waals surface area (Å²) in [6.45, 7) is 8.23. The molecular weight excluding hydrogens is 817 g/mol. The number of halogens is 6. The maximum Gasteiger partial charge on any atom is 0.417 e. The first-order valence-electron chi connectivity index (χ1n) is 20.7. The maximum atomic E-state index is 14.9. The molecule has 64 heavy (non-hydrogen) atoms. The van der Waals surface area contributed by atoms with Crippen LogP contribution in [0.1, 0.15) is 38.9 Å². The molecule has 3 nitrogen and oxygen atoms in total. The van der Waals surface area contributed by atoms with Crippen LogP contribution in [0.4, 0.5) is 26.3 Å². The highest BCUT2D eigenvalue weighted by Crippen LogP contribution is 2.46. The second-order valence-electron chi connectivity index (χ2n) is 16.6. The van der Waals surface area contributed by atoms with E-state index in [1.54, 1.807) is 6.07 Å².